The van der Waals surface area contributed by atoms with Gasteiger partial charge < -0.3 is 10.2 Å². The van der Waals surface area contributed by atoms with Crippen molar-refractivity contribution >= 4 is 37.8 Å². The van der Waals surface area contributed by atoms with Gasteiger partial charge in [-0.25, -0.2) is 0 Å². The molecule has 2 aliphatic rings. The molecule has 1 unspecified atom stereocenters. The van der Waals surface area contributed by atoms with Gasteiger partial charge in [-0.15, -0.1) is 0 Å². The quantitative estimate of drug-likeness (QED) is 0.810. The highest BCUT2D eigenvalue weighted by Gasteiger charge is 2.35. The second kappa shape index (κ2) is 6.80. The highest BCUT2D eigenvalue weighted by Crippen LogP contribution is 2.32. The minimum absolute atomic E-state index is 0.163. The van der Waals surface area contributed by atoms with Crippen molar-refractivity contribution in [3.8, 4) is 0 Å². The van der Waals surface area contributed by atoms with Gasteiger partial charge in [0.15, 0.2) is 0 Å². The van der Waals surface area contributed by atoms with Crippen LogP contribution in [0.4, 0.5) is 0 Å². The van der Waals surface area contributed by atoms with E-state index in [1.165, 1.54) is 12.8 Å². The Labute approximate surface area is 142 Å². The molecule has 1 aliphatic heterocycles. The molecule has 1 aromatic rings. The molecule has 1 saturated heterocycles. The van der Waals surface area contributed by atoms with Crippen molar-refractivity contribution in [2.75, 3.05) is 19.6 Å². The first-order valence-corrected chi connectivity index (χ1v) is 9.20. The van der Waals surface area contributed by atoms with Crippen LogP contribution in [0, 0.1) is 5.92 Å². The molecule has 3 nitrogen and oxygen atoms in total. The predicted molar refractivity (Wildman–Crippen MR) is 91.5 cm³/mol. The maximum Gasteiger partial charge on any atom is 0.255 e. The second-order valence-electron chi connectivity index (χ2n) is 6.03. The van der Waals surface area contributed by atoms with E-state index in [1.807, 2.05) is 18.2 Å². The van der Waals surface area contributed by atoms with Crippen LogP contribution < -0.4 is 5.32 Å². The van der Waals surface area contributed by atoms with Crippen LogP contribution in [0.2, 0.25) is 0 Å². The van der Waals surface area contributed by atoms with Crippen LogP contribution in [0.15, 0.2) is 27.1 Å². The van der Waals surface area contributed by atoms with E-state index in [-0.39, 0.29) is 5.91 Å². The first-order valence-electron chi connectivity index (χ1n) is 7.62. The highest BCUT2D eigenvalue weighted by molar-refractivity contribution is 9.11. The Kier molecular flexibility index (Phi) is 5.02. The van der Waals surface area contributed by atoms with Crippen molar-refractivity contribution in [1.82, 2.24) is 10.2 Å². The van der Waals surface area contributed by atoms with Crippen LogP contribution in [0.1, 0.15) is 36.0 Å². The van der Waals surface area contributed by atoms with E-state index >= 15 is 0 Å². The summed E-state index contributed by atoms with van der Waals surface area (Å²) in [6.07, 6.45) is 4.75. The Morgan fingerprint density at radius 3 is 2.76 bits per heavy atom. The molecule has 114 valence electrons. The molecule has 1 N–H and O–H groups in total. The summed E-state index contributed by atoms with van der Waals surface area (Å²) in [5.74, 6) is 0.755. The predicted octanol–water partition coefficient (Wildman–Crippen LogP) is 3.82. The van der Waals surface area contributed by atoms with Gasteiger partial charge in [0.05, 0.1) is 5.56 Å². The molecular weight excluding hydrogens is 396 g/mol. The second-order valence-corrected chi connectivity index (χ2v) is 7.80. The molecule has 0 aromatic heterocycles. The summed E-state index contributed by atoms with van der Waals surface area (Å²) >= 11 is 6.98. The van der Waals surface area contributed by atoms with Crippen LogP contribution in [0.3, 0.4) is 0 Å². The van der Waals surface area contributed by atoms with Gasteiger partial charge in [-0.3, -0.25) is 4.79 Å². The van der Waals surface area contributed by atoms with Gasteiger partial charge in [0.25, 0.3) is 5.91 Å². The Hall–Kier alpha value is -0.390. The molecule has 0 radical (unpaired) electrons. The summed E-state index contributed by atoms with van der Waals surface area (Å²) in [5.41, 5.74) is 0.764. The average molecular weight is 416 g/mol. The standard InChI is InChI=1S/C16H20Br2N2O/c17-12-3-6-15(18)14(8-12)16(21)20(13-4-5-13)10-11-2-1-7-19-9-11/h3,6,8,11,13,19H,1-2,4-5,7,9-10H2. The van der Waals surface area contributed by atoms with Crippen molar-refractivity contribution in [2.45, 2.75) is 31.7 Å². The van der Waals surface area contributed by atoms with Crippen molar-refractivity contribution in [3.05, 3.63) is 32.7 Å². The van der Waals surface area contributed by atoms with Gasteiger partial charge in [0.2, 0.25) is 0 Å². The molecule has 5 heteroatoms. The fourth-order valence-electron chi connectivity index (χ4n) is 2.96. The first-order chi connectivity index (χ1) is 10.1. The maximum absolute atomic E-state index is 12.9. The van der Waals surface area contributed by atoms with Crippen LogP contribution in [-0.4, -0.2) is 36.5 Å². The Morgan fingerprint density at radius 2 is 2.10 bits per heavy atom. The lowest BCUT2D eigenvalue weighted by molar-refractivity contribution is 0.0703. The van der Waals surface area contributed by atoms with Crippen molar-refractivity contribution in [1.29, 1.82) is 0 Å². The lowest BCUT2D eigenvalue weighted by Crippen LogP contribution is -2.42. The topological polar surface area (TPSA) is 32.3 Å². The van der Waals surface area contributed by atoms with Crippen LogP contribution in [0.25, 0.3) is 0 Å². The Morgan fingerprint density at radius 1 is 1.29 bits per heavy atom. The van der Waals surface area contributed by atoms with Gasteiger partial charge in [-0.2, -0.15) is 0 Å². The molecule has 1 aromatic carbocycles. The number of carbonyl (C=O) groups excluding carboxylic acids is 1. The number of rotatable bonds is 4. The lowest BCUT2D eigenvalue weighted by atomic mass is 9.98. The molecule has 1 heterocycles. The molecule has 0 spiro atoms. The zero-order valence-electron chi connectivity index (χ0n) is 11.9. The average Bonchev–Trinajstić information content (AvgIpc) is 3.32. The van der Waals surface area contributed by atoms with Crippen molar-refractivity contribution < 1.29 is 4.79 Å². The molecular formula is C16H20Br2N2O. The van der Waals surface area contributed by atoms with Crippen molar-refractivity contribution in [2.24, 2.45) is 5.92 Å². The summed E-state index contributed by atoms with van der Waals surface area (Å²) in [6.45, 7) is 3.04. The largest absolute Gasteiger partial charge is 0.335 e. The molecule has 1 aliphatic carbocycles. The minimum Gasteiger partial charge on any atom is -0.335 e. The number of hydrogen-bond donors (Lipinski definition) is 1. The molecule has 2 fully saturated rings. The van der Waals surface area contributed by atoms with Gasteiger partial charge >= 0.3 is 0 Å². The number of halogens is 2. The number of piperidine rings is 1. The van der Waals surface area contributed by atoms with Gasteiger partial charge in [-0.1, -0.05) is 15.9 Å². The number of carbonyl (C=O) groups is 1. The molecule has 0 bridgehead atoms. The van der Waals surface area contributed by atoms with E-state index < -0.39 is 0 Å². The van der Waals surface area contributed by atoms with E-state index in [2.05, 4.69) is 42.1 Å². The van der Waals surface area contributed by atoms with E-state index in [4.69, 9.17) is 0 Å². The maximum atomic E-state index is 12.9. The van der Waals surface area contributed by atoms with Gasteiger partial charge in [0, 0.05) is 21.5 Å². The molecule has 1 atom stereocenters. The van der Waals surface area contributed by atoms with Crippen LogP contribution >= 0.6 is 31.9 Å². The third kappa shape index (κ3) is 3.88. The Bertz CT molecular complexity index is 525. The van der Waals surface area contributed by atoms with Crippen molar-refractivity contribution in [3.63, 3.8) is 0 Å². The summed E-state index contributed by atoms with van der Waals surface area (Å²) in [7, 11) is 0. The molecule has 21 heavy (non-hydrogen) atoms. The van der Waals surface area contributed by atoms with Crippen LogP contribution in [-0.2, 0) is 0 Å². The summed E-state index contributed by atoms with van der Waals surface area (Å²) in [6, 6.07) is 6.25. The monoisotopic (exact) mass is 414 g/mol. The van der Waals surface area contributed by atoms with Crippen LogP contribution in [0.5, 0.6) is 0 Å². The van der Waals surface area contributed by atoms with E-state index in [9.17, 15) is 4.79 Å². The number of nitrogens with one attached hydrogen (secondary N) is 1. The SMILES string of the molecule is O=C(c1cc(Br)ccc1Br)N(CC1CCCNC1)C1CC1. The fourth-order valence-corrected chi connectivity index (χ4v) is 3.74. The number of benzene rings is 1. The zero-order valence-corrected chi connectivity index (χ0v) is 15.1. The number of amides is 1. The van der Waals surface area contributed by atoms with E-state index in [0.29, 0.717) is 12.0 Å². The number of hydrogen-bond acceptors (Lipinski definition) is 2. The third-order valence-electron chi connectivity index (χ3n) is 4.26. The first kappa shape index (κ1) is 15.5. The number of nitrogens with zero attached hydrogens (tertiary/aromatic N) is 1. The summed E-state index contributed by atoms with van der Waals surface area (Å²) < 4.78 is 1.83. The third-order valence-corrected chi connectivity index (χ3v) is 5.45. The molecule has 1 saturated carbocycles. The highest BCUT2D eigenvalue weighted by atomic mass is 79.9. The van der Waals surface area contributed by atoms with Gasteiger partial charge in [0.1, 0.15) is 0 Å². The van der Waals surface area contributed by atoms with E-state index in [0.717, 1.165) is 47.0 Å². The molecule has 1 amide bonds. The summed E-state index contributed by atoms with van der Waals surface area (Å²) in [5, 5.41) is 3.44. The normalized spacial score (nSPS) is 22.1. The van der Waals surface area contributed by atoms with Gasteiger partial charge in [-0.05, 0) is 78.8 Å². The fraction of sp³-hybridized carbons (Fsp3) is 0.562. The molecule has 3 rings (SSSR count). The lowest BCUT2D eigenvalue weighted by Gasteiger charge is -2.30. The Balaban J connectivity index is 1.76. The van der Waals surface area contributed by atoms with E-state index in [1.54, 1.807) is 0 Å². The smallest absolute Gasteiger partial charge is 0.255 e. The minimum atomic E-state index is 0.163. The summed E-state index contributed by atoms with van der Waals surface area (Å²) in [4.78, 5) is 15.0. The zero-order chi connectivity index (χ0) is 14.8.